The Hall–Kier alpha value is -2.92. The fraction of sp³-hybridized carbons (Fsp3) is 0.143. The molecule has 0 saturated heterocycles. The number of nitrogens with one attached hydrogen (secondary N) is 1. The summed E-state index contributed by atoms with van der Waals surface area (Å²) in [5.41, 5.74) is 3.62. The maximum Gasteiger partial charge on any atom is 0.231 e. The number of carbonyl (C=O) groups excluding carboxylic acids is 1. The van der Waals surface area contributed by atoms with E-state index in [0.29, 0.717) is 0 Å². The van der Waals surface area contributed by atoms with Gasteiger partial charge in [0.05, 0.1) is 17.3 Å². The van der Waals surface area contributed by atoms with Crippen LogP contribution >= 0.6 is 11.3 Å². The van der Waals surface area contributed by atoms with Gasteiger partial charge in [-0.3, -0.25) is 9.20 Å². The molecule has 0 fully saturated rings. The Morgan fingerprint density at radius 3 is 2.69 bits per heavy atom. The zero-order valence-electron chi connectivity index (χ0n) is 14.4. The lowest BCUT2D eigenvalue weighted by Crippen LogP contribution is -2.21. The van der Waals surface area contributed by atoms with Gasteiger partial charge in [0, 0.05) is 23.3 Å². The maximum atomic E-state index is 12.9. The van der Waals surface area contributed by atoms with Crippen molar-refractivity contribution in [3.05, 3.63) is 77.9 Å². The molecule has 1 atom stereocenters. The Labute approximate surface area is 156 Å². The predicted octanol–water partition coefficient (Wildman–Crippen LogP) is 5.20. The number of imidazole rings is 1. The van der Waals surface area contributed by atoms with Crippen molar-refractivity contribution in [2.75, 3.05) is 5.32 Å². The van der Waals surface area contributed by atoms with Crippen molar-refractivity contribution < 1.29 is 4.79 Å². The van der Waals surface area contributed by atoms with E-state index in [1.54, 1.807) is 11.3 Å². The highest BCUT2D eigenvalue weighted by Gasteiger charge is 2.20. The highest BCUT2D eigenvalue weighted by Crippen LogP contribution is 2.30. The van der Waals surface area contributed by atoms with Crippen LogP contribution in [0.25, 0.3) is 16.2 Å². The third-order valence-electron chi connectivity index (χ3n) is 4.48. The Morgan fingerprint density at radius 2 is 1.92 bits per heavy atom. The van der Waals surface area contributed by atoms with E-state index in [1.165, 1.54) is 0 Å². The van der Waals surface area contributed by atoms with Crippen LogP contribution in [0.5, 0.6) is 0 Å². The standard InChI is InChI=1S/C21H19N3OS/c1-2-16(15-8-4-3-5-9-15)20(25)22-18-11-7-6-10-17(18)19-14-24-12-13-26-21(24)23-19/h3-14,16H,2H2,1H3,(H,22,25). The lowest BCUT2D eigenvalue weighted by Gasteiger charge is -2.17. The van der Waals surface area contributed by atoms with Gasteiger partial charge >= 0.3 is 0 Å². The van der Waals surface area contributed by atoms with Gasteiger partial charge in [-0.15, -0.1) is 11.3 Å². The van der Waals surface area contributed by atoms with Crippen molar-refractivity contribution in [2.45, 2.75) is 19.3 Å². The highest BCUT2D eigenvalue weighted by molar-refractivity contribution is 7.15. The summed E-state index contributed by atoms with van der Waals surface area (Å²) in [4.78, 5) is 18.5. The van der Waals surface area contributed by atoms with Crippen LogP contribution < -0.4 is 5.32 Å². The number of nitrogens with zero attached hydrogens (tertiary/aromatic N) is 2. The van der Waals surface area contributed by atoms with Gasteiger partial charge < -0.3 is 5.32 Å². The van der Waals surface area contributed by atoms with Crippen LogP contribution in [-0.2, 0) is 4.79 Å². The van der Waals surface area contributed by atoms with Gasteiger partial charge in [-0.05, 0) is 18.1 Å². The second-order valence-corrected chi connectivity index (χ2v) is 7.00. The van der Waals surface area contributed by atoms with Gasteiger partial charge in [-0.1, -0.05) is 55.5 Å². The highest BCUT2D eigenvalue weighted by atomic mass is 32.1. The van der Waals surface area contributed by atoms with Crippen molar-refractivity contribution >= 4 is 27.9 Å². The molecule has 2 aromatic heterocycles. The zero-order chi connectivity index (χ0) is 17.9. The normalized spacial score (nSPS) is 12.2. The number of hydrogen-bond donors (Lipinski definition) is 1. The minimum atomic E-state index is -0.172. The van der Waals surface area contributed by atoms with E-state index >= 15 is 0 Å². The number of fused-ring (bicyclic) bond motifs is 1. The average molecular weight is 361 g/mol. The first-order valence-electron chi connectivity index (χ1n) is 8.63. The molecule has 0 radical (unpaired) electrons. The van der Waals surface area contributed by atoms with Crippen LogP contribution in [0.1, 0.15) is 24.8 Å². The van der Waals surface area contributed by atoms with E-state index in [2.05, 4.69) is 10.3 Å². The summed E-state index contributed by atoms with van der Waals surface area (Å²) in [6.07, 6.45) is 4.73. The Balaban J connectivity index is 1.64. The minimum Gasteiger partial charge on any atom is -0.325 e. The summed E-state index contributed by atoms with van der Waals surface area (Å²) >= 11 is 1.59. The molecule has 1 unspecified atom stereocenters. The molecule has 0 saturated carbocycles. The number of thiazole rings is 1. The number of aromatic nitrogens is 2. The number of hydrogen-bond acceptors (Lipinski definition) is 3. The third kappa shape index (κ3) is 3.13. The molecular weight excluding hydrogens is 342 g/mol. The first-order chi connectivity index (χ1) is 12.8. The molecule has 2 aromatic carbocycles. The van der Waals surface area contributed by atoms with Crippen LogP contribution in [0, 0.1) is 0 Å². The summed E-state index contributed by atoms with van der Waals surface area (Å²) in [6, 6.07) is 17.7. The van der Waals surface area contributed by atoms with Gasteiger partial charge in [0.15, 0.2) is 4.96 Å². The minimum absolute atomic E-state index is 0.00664. The predicted molar refractivity (Wildman–Crippen MR) is 107 cm³/mol. The van der Waals surface area contributed by atoms with Gasteiger partial charge in [-0.25, -0.2) is 4.98 Å². The van der Waals surface area contributed by atoms with Gasteiger partial charge in [0.2, 0.25) is 5.91 Å². The maximum absolute atomic E-state index is 12.9. The molecule has 5 heteroatoms. The number of para-hydroxylation sites is 1. The smallest absolute Gasteiger partial charge is 0.231 e. The van der Waals surface area contributed by atoms with E-state index in [1.807, 2.05) is 83.7 Å². The zero-order valence-corrected chi connectivity index (χ0v) is 15.2. The van der Waals surface area contributed by atoms with Crippen molar-refractivity contribution in [2.24, 2.45) is 0 Å². The van der Waals surface area contributed by atoms with E-state index in [9.17, 15) is 4.79 Å². The molecule has 4 aromatic rings. The van der Waals surface area contributed by atoms with Gasteiger partial charge in [-0.2, -0.15) is 0 Å². The van der Waals surface area contributed by atoms with Crippen molar-refractivity contribution in [1.29, 1.82) is 0 Å². The molecule has 0 bridgehead atoms. The van der Waals surface area contributed by atoms with Gasteiger partial charge in [0.25, 0.3) is 0 Å². The second kappa shape index (κ2) is 7.14. The number of benzene rings is 2. The number of carbonyl (C=O) groups is 1. The number of rotatable bonds is 5. The van der Waals surface area contributed by atoms with E-state index in [0.717, 1.165) is 33.9 Å². The molecule has 4 nitrogen and oxygen atoms in total. The summed E-state index contributed by atoms with van der Waals surface area (Å²) in [6.45, 7) is 2.03. The van der Waals surface area contributed by atoms with E-state index in [4.69, 9.17) is 0 Å². The first kappa shape index (κ1) is 16.5. The Kier molecular flexibility index (Phi) is 4.54. The molecule has 4 rings (SSSR count). The van der Waals surface area contributed by atoms with Crippen LogP contribution in [0.15, 0.2) is 72.4 Å². The molecule has 2 heterocycles. The topological polar surface area (TPSA) is 46.4 Å². The Morgan fingerprint density at radius 1 is 1.15 bits per heavy atom. The molecular formula is C21H19N3OS. The Bertz CT molecular complexity index is 1010. The van der Waals surface area contributed by atoms with Crippen molar-refractivity contribution in [3.8, 4) is 11.3 Å². The fourth-order valence-electron chi connectivity index (χ4n) is 3.15. The summed E-state index contributed by atoms with van der Waals surface area (Å²) in [5.74, 6) is -0.165. The van der Waals surface area contributed by atoms with Gasteiger partial charge in [0.1, 0.15) is 0 Å². The van der Waals surface area contributed by atoms with Crippen LogP contribution in [0.2, 0.25) is 0 Å². The molecule has 0 aliphatic carbocycles. The largest absolute Gasteiger partial charge is 0.325 e. The summed E-state index contributed by atoms with van der Waals surface area (Å²) < 4.78 is 2.00. The van der Waals surface area contributed by atoms with E-state index in [-0.39, 0.29) is 11.8 Å². The first-order valence-corrected chi connectivity index (χ1v) is 9.51. The van der Waals surface area contributed by atoms with E-state index < -0.39 is 0 Å². The molecule has 1 amide bonds. The molecule has 0 aliphatic rings. The lowest BCUT2D eigenvalue weighted by atomic mass is 9.95. The van der Waals surface area contributed by atoms with Crippen LogP contribution in [-0.4, -0.2) is 15.3 Å². The lowest BCUT2D eigenvalue weighted by molar-refractivity contribution is -0.117. The number of amides is 1. The van der Waals surface area contributed by atoms with Crippen molar-refractivity contribution in [1.82, 2.24) is 9.38 Å². The molecule has 26 heavy (non-hydrogen) atoms. The summed E-state index contributed by atoms with van der Waals surface area (Å²) in [5, 5.41) is 5.12. The number of anilines is 1. The third-order valence-corrected chi connectivity index (χ3v) is 5.25. The average Bonchev–Trinajstić information content (AvgIpc) is 3.26. The summed E-state index contributed by atoms with van der Waals surface area (Å²) in [7, 11) is 0. The molecule has 0 aliphatic heterocycles. The molecule has 0 spiro atoms. The second-order valence-electron chi connectivity index (χ2n) is 6.13. The molecule has 1 N–H and O–H groups in total. The monoisotopic (exact) mass is 361 g/mol. The quantitative estimate of drug-likeness (QED) is 0.531. The fourth-order valence-corrected chi connectivity index (χ4v) is 3.85. The molecule has 130 valence electrons. The van der Waals surface area contributed by atoms with Crippen LogP contribution in [0.4, 0.5) is 5.69 Å². The van der Waals surface area contributed by atoms with Crippen molar-refractivity contribution in [3.63, 3.8) is 0 Å². The SMILES string of the molecule is CCC(C(=O)Nc1ccccc1-c1cn2ccsc2n1)c1ccccc1. The van der Waals surface area contributed by atoms with Crippen LogP contribution in [0.3, 0.4) is 0 Å².